The van der Waals surface area contributed by atoms with E-state index in [9.17, 15) is 9.59 Å². The van der Waals surface area contributed by atoms with Gasteiger partial charge in [0.25, 0.3) is 11.8 Å². The van der Waals surface area contributed by atoms with Crippen LogP contribution in [0.3, 0.4) is 0 Å². The minimum Gasteiger partial charge on any atom is -0.352 e. The van der Waals surface area contributed by atoms with E-state index in [1.54, 1.807) is 48.5 Å². The molecular weight excluding hydrogens is 314 g/mol. The molecule has 5 nitrogen and oxygen atoms in total. The number of benzene rings is 2. The average Bonchev–Trinajstić information content (AvgIpc) is 2.65. The fourth-order valence-corrected chi connectivity index (χ4v) is 2.35. The lowest BCUT2D eigenvalue weighted by Gasteiger charge is -2.08. The largest absolute Gasteiger partial charge is 0.352 e. The summed E-state index contributed by atoms with van der Waals surface area (Å²) in [6, 6.07) is 15.3. The summed E-state index contributed by atoms with van der Waals surface area (Å²) in [6.07, 6.45) is 3.11. The van der Waals surface area contributed by atoms with E-state index in [1.807, 2.05) is 6.07 Å². The molecule has 0 bridgehead atoms. The predicted molar refractivity (Wildman–Crippen MR) is 97.4 cm³/mol. The Morgan fingerprint density at radius 3 is 2.44 bits per heavy atom. The van der Waals surface area contributed by atoms with Crippen molar-refractivity contribution in [2.45, 2.75) is 26.2 Å². The molecule has 0 aliphatic rings. The molecule has 0 aliphatic carbocycles. The molecule has 2 aromatic rings. The number of carbonyl (C=O) groups excluding carboxylic acids is 2. The van der Waals surface area contributed by atoms with Crippen LogP contribution in [0.4, 0.5) is 5.69 Å². The molecule has 128 valence electrons. The Morgan fingerprint density at radius 2 is 1.72 bits per heavy atom. The monoisotopic (exact) mass is 335 g/mol. The third-order valence-corrected chi connectivity index (χ3v) is 3.70. The van der Waals surface area contributed by atoms with Gasteiger partial charge in [-0.15, -0.1) is 0 Å². The molecule has 0 fully saturated rings. The van der Waals surface area contributed by atoms with Gasteiger partial charge in [0.05, 0.1) is 11.6 Å². The van der Waals surface area contributed by atoms with E-state index in [0.29, 0.717) is 28.9 Å². The third kappa shape index (κ3) is 5.47. The highest BCUT2D eigenvalue weighted by molar-refractivity contribution is 6.06. The molecule has 25 heavy (non-hydrogen) atoms. The van der Waals surface area contributed by atoms with E-state index < -0.39 is 0 Å². The molecule has 0 saturated carbocycles. The van der Waals surface area contributed by atoms with E-state index in [4.69, 9.17) is 5.26 Å². The van der Waals surface area contributed by atoms with Gasteiger partial charge in [-0.1, -0.05) is 31.9 Å². The van der Waals surface area contributed by atoms with E-state index in [-0.39, 0.29) is 11.8 Å². The lowest BCUT2D eigenvalue weighted by molar-refractivity contribution is 0.0953. The lowest BCUT2D eigenvalue weighted by atomic mass is 10.1. The SMILES string of the molecule is CCCCCNC(=O)c1cccc(C(=O)Nc2cccc(C#N)c2)c1. The number of nitrogens with zero attached hydrogens (tertiary/aromatic N) is 1. The molecule has 2 aromatic carbocycles. The van der Waals surface area contributed by atoms with Crippen LogP contribution in [0.15, 0.2) is 48.5 Å². The van der Waals surface area contributed by atoms with Crippen molar-refractivity contribution in [3.8, 4) is 6.07 Å². The number of nitrogens with one attached hydrogen (secondary N) is 2. The predicted octanol–water partition coefficient (Wildman–Crippen LogP) is 3.73. The van der Waals surface area contributed by atoms with E-state index in [1.165, 1.54) is 0 Å². The summed E-state index contributed by atoms with van der Waals surface area (Å²) in [6.45, 7) is 2.74. The van der Waals surface area contributed by atoms with Gasteiger partial charge >= 0.3 is 0 Å². The number of rotatable bonds is 7. The van der Waals surface area contributed by atoms with Crippen molar-refractivity contribution in [3.05, 3.63) is 65.2 Å². The molecule has 0 heterocycles. The topological polar surface area (TPSA) is 82.0 Å². The molecule has 5 heteroatoms. The van der Waals surface area contributed by atoms with Crippen molar-refractivity contribution in [1.29, 1.82) is 5.26 Å². The number of unbranched alkanes of at least 4 members (excludes halogenated alkanes) is 2. The second-order valence-corrected chi connectivity index (χ2v) is 5.69. The second kappa shape index (κ2) is 9.24. The molecule has 0 unspecified atom stereocenters. The number of amides is 2. The van der Waals surface area contributed by atoms with Crippen LogP contribution in [0.2, 0.25) is 0 Å². The van der Waals surface area contributed by atoms with Crippen molar-refractivity contribution in [2.24, 2.45) is 0 Å². The van der Waals surface area contributed by atoms with E-state index in [2.05, 4.69) is 17.6 Å². The minimum atomic E-state index is -0.323. The zero-order valence-corrected chi connectivity index (χ0v) is 14.2. The molecule has 0 radical (unpaired) electrons. The van der Waals surface area contributed by atoms with E-state index in [0.717, 1.165) is 19.3 Å². The first-order valence-corrected chi connectivity index (χ1v) is 8.34. The highest BCUT2D eigenvalue weighted by atomic mass is 16.2. The van der Waals surface area contributed by atoms with Crippen molar-refractivity contribution < 1.29 is 9.59 Å². The van der Waals surface area contributed by atoms with Gasteiger partial charge in [0, 0.05) is 23.4 Å². The highest BCUT2D eigenvalue weighted by Gasteiger charge is 2.10. The summed E-state index contributed by atoms with van der Waals surface area (Å²) in [4.78, 5) is 24.5. The van der Waals surface area contributed by atoms with Crippen LogP contribution >= 0.6 is 0 Å². The first kappa shape index (κ1) is 18.2. The average molecular weight is 335 g/mol. The van der Waals surface area contributed by atoms with Crippen molar-refractivity contribution >= 4 is 17.5 Å². The number of anilines is 1. The number of carbonyl (C=O) groups is 2. The Morgan fingerprint density at radius 1 is 1.00 bits per heavy atom. The number of nitriles is 1. The fraction of sp³-hybridized carbons (Fsp3) is 0.250. The molecule has 0 atom stereocenters. The van der Waals surface area contributed by atoms with Crippen LogP contribution in [0.1, 0.15) is 52.5 Å². The normalized spacial score (nSPS) is 9.92. The maximum absolute atomic E-state index is 12.4. The fourth-order valence-electron chi connectivity index (χ4n) is 2.35. The van der Waals surface area contributed by atoms with Gasteiger partial charge in [0.1, 0.15) is 0 Å². The maximum Gasteiger partial charge on any atom is 0.255 e. The smallest absolute Gasteiger partial charge is 0.255 e. The van der Waals surface area contributed by atoms with Gasteiger partial charge in [-0.3, -0.25) is 9.59 Å². The summed E-state index contributed by atoms with van der Waals surface area (Å²) >= 11 is 0. The summed E-state index contributed by atoms with van der Waals surface area (Å²) in [5.74, 6) is -0.507. The second-order valence-electron chi connectivity index (χ2n) is 5.69. The Bertz CT molecular complexity index is 794. The summed E-state index contributed by atoms with van der Waals surface area (Å²) in [7, 11) is 0. The Kier molecular flexibility index (Phi) is 6.73. The molecule has 2 N–H and O–H groups in total. The molecule has 2 rings (SSSR count). The van der Waals surface area contributed by atoms with Crippen molar-refractivity contribution in [3.63, 3.8) is 0 Å². The summed E-state index contributed by atoms with van der Waals surface area (Å²) < 4.78 is 0. The van der Waals surface area contributed by atoms with Crippen molar-refractivity contribution in [1.82, 2.24) is 5.32 Å². The summed E-state index contributed by atoms with van der Waals surface area (Å²) in [5, 5.41) is 14.5. The van der Waals surface area contributed by atoms with Crippen LogP contribution in [-0.2, 0) is 0 Å². The zero-order chi connectivity index (χ0) is 18.1. The molecule has 0 saturated heterocycles. The number of hydrogen-bond donors (Lipinski definition) is 2. The van der Waals surface area contributed by atoms with Crippen LogP contribution in [0.25, 0.3) is 0 Å². The Hall–Kier alpha value is -3.13. The number of hydrogen-bond acceptors (Lipinski definition) is 3. The molecule has 2 amide bonds. The van der Waals surface area contributed by atoms with Crippen LogP contribution < -0.4 is 10.6 Å². The van der Waals surface area contributed by atoms with Gasteiger partial charge in [0.15, 0.2) is 0 Å². The summed E-state index contributed by atoms with van der Waals surface area (Å²) in [5.41, 5.74) is 1.86. The van der Waals surface area contributed by atoms with Crippen molar-refractivity contribution in [2.75, 3.05) is 11.9 Å². The van der Waals surface area contributed by atoms with Crippen LogP contribution in [-0.4, -0.2) is 18.4 Å². The van der Waals surface area contributed by atoms with Crippen LogP contribution in [0.5, 0.6) is 0 Å². The standard InChI is InChI=1S/C20H21N3O2/c1-2-3-4-11-22-19(24)16-8-6-9-17(13-16)20(25)23-18-10-5-7-15(12-18)14-21/h5-10,12-13H,2-4,11H2,1H3,(H,22,24)(H,23,25). The van der Waals surface area contributed by atoms with Gasteiger partial charge in [0.2, 0.25) is 0 Å². The Labute approximate surface area is 147 Å². The van der Waals surface area contributed by atoms with Gasteiger partial charge in [-0.05, 0) is 42.8 Å². The van der Waals surface area contributed by atoms with Gasteiger partial charge in [-0.2, -0.15) is 5.26 Å². The molecular formula is C20H21N3O2. The first-order valence-electron chi connectivity index (χ1n) is 8.34. The highest BCUT2D eigenvalue weighted by Crippen LogP contribution is 2.13. The Balaban J connectivity index is 2.03. The zero-order valence-electron chi connectivity index (χ0n) is 14.2. The van der Waals surface area contributed by atoms with Gasteiger partial charge in [-0.25, -0.2) is 0 Å². The molecule has 0 aromatic heterocycles. The molecule has 0 aliphatic heterocycles. The minimum absolute atomic E-state index is 0.183. The first-order chi connectivity index (χ1) is 12.1. The van der Waals surface area contributed by atoms with E-state index >= 15 is 0 Å². The van der Waals surface area contributed by atoms with Crippen LogP contribution in [0, 0.1) is 11.3 Å². The van der Waals surface area contributed by atoms with Gasteiger partial charge < -0.3 is 10.6 Å². The maximum atomic E-state index is 12.4. The molecule has 0 spiro atoms. The quantitative estimate of drug-likeness (QED) is 0.756. The third-order valence-electron chi connectivity index (χ3n) is 3.70. The lowest BCUT2D eigenvalue weighted by Crippen LogP contribution is -2.24.